The average molecular weight is 431 g/mol. The molecule has 1 aliphatic carbocycles. The van der Waals surface area contributed by atoms with E-state index < -0.39 is 11.1 Å². The Balaban J connectivity index is 2.08. The Morgan fingerprint density at radius 3 is 2.58 bits per heavy atom. The van der Waals surface area contributed by atoms with Crippen LogP contribution in [0.25, 0.3) is 0 Å². The Kier molecular flexibility index (Phi) is 9.53. The first-order valence-corrected chi connectivity index (χ1v) is 11.6. The third kappa shape index (κ3) is 7.37. The first-order valence-electron chi connectivity index (χ1n) is 11.6. The predicted octanol–water partition coefficient (Wildman–Crippen LogP) is 4.64. The minimum Gasteiger partial charge on any atom is -0.476 e. The summed E-state index contributed by atoms with van der Waals surface area (Å²) in [6.07, 6.45) is 8.62. The number of carbonyl (C=O) groups is 2. The standard InChI is InChI=1S/C25H38N2O4/c1-5-7-14-22(27-25(19-28)16-10-11-17-25)26-18-15-20-12-8-9-13-21(20)31-24(3,4)23(29)30-6-2/h8-9,12-13,19H,5-7,10-11,14-18H2,1-4H3,(H,26,27). The van der Waals surface area contributed by atoms with Crippen LogP contribution in [0.5, 0.6) is 5.75 Å². The SMILES string of the molecule is CCCCC(=NCCc1ccccc1OC(C)(C)C(=O)OCC)NC1(C=O)CCCC1. The molecule has 0 aliphatic heterocycles. The van der Waals surface area contributed by atoms with Crippen molar-refractivity contribution in [2.75, 3.05) is 13.2 Å². The number of esters is 1. The van der Waals surface area contributed by atoms with Gasteiger partial charge in [0, 0.05) is 13.0 Å². The van der Waals surface area contributed by atoms with Crippen LogP contribution in [0, 0.1) is 0 Å². The Morgan fingerprint density at radius 1 is 1.23 bits per heavy atom. The van der Waals surface area contributed by atoms with Crippen molar-refractivity contribution in [3.05, 3.63) is 29.8 Å². The summed E-state index contributed by atoms with van der Waals surface area (Å²) in [7, 11) is 0. The van der Waals surface area contributed by atoms with Gasteiger partial charge in [-0.15, -0.1) is 0 Å². The monoisotopic (exact) mass is 430 g/mol. The van der Waals surface area contributed by atoms with E-state index in [1.807, 2.05) is 24.3 Å². The second kappa shape index (κ2) is 11.9. The highest BCUT2D eigenvalue weighted by Crippen LogP contribution is 2.28. The predicted molar refractivity (Wildman–Crippen MR) is 124 cm³/mol. The summed E-state index contributed by atoms with van der Waals surface area (Å²) < 4.78 is 11.2. The lowest BCUT2D eigenvalue weighted by Gasteiger charge is -2.26. The number of ether oxygens (including phenoxy) is 2. The molecular formula is C25H38N2O4. The second-order valence-corrected chi connectivity index (χ2v) is 8.73. The fourth-order valence-electron chi connectivity index (χ4n) is 3.83. The van der Waals surface area contributed by atoms with E-state index in [0.717, 1.165) is 62.6 Å². The smallest absolute Gasteiger partial charge is 0.349 e. The van der Waals surface area contributed by atoms with Gasteiger partial charge in [-0.3, -0.25) is 4.99 Å². The van der Waals surface area contributed by atoms with Crippen LogP contribution in [0.3, 0.4) is 0 Å². The van der Waals surface area contributed by atoms with Crippen molar-refractivity contribution in [2.45, 2.75) is 90.2 Å². The first-order chi connectivity index (χ1) is 14.9. The highest BCUT2D eigenvalue weighted by Gasteiger charge is 2.34. The van der Waals surface area contributed by atoms with Gasteiger partial charge < -0.3 is 19.6 Å². The van der Waals surface area contributed by atoms with E-state index in [4.69, 9.17) is 14.5 Å². The number of amidine groups is 1. The molecule has 0 amide bonds. The van der Waals surface area contributed by atoms with Crippen LogP contribution in [-0.2, 0) is 20.7 Å². The number of rotatable bonds is 12. The molecule has 0 atom stereocenters. The van der Waals surface area contributed by atoms with Crippen LogP contribution in [0.15, 0.2) is 29.3 Å². The summed E-state index contributed by atoms with van der Waals surface area (Å²) in [5, 5.41) is 3.47. The van der Waals surface area contributed by atoms with E-state index in [9.17, 15) is 9.59 Å². The highest BCUT2D eigenvalue weighted by atomic mass is 16.6. The molecule has 1 aliphatic rings. The Bertz CT molecular complexity index is 752. The summed E-state index contributed by atoms with van der Waals surface area (Å²) in [6.45, 7) is 8.27. The minimum absolute atomic E-state index is 0.317. The Hall–Kier alpha value is -2.37. The summed E-state index contributed by atoms with van der Waals surface area (Å²) >= 11 is 0. The van der Waals surface area contributed by atoms with E-state index in [2.05, 4.69) is 12.2 Å². The molecule has 0 radical (unpaired) electrons. The summed E-state index contributed by atoms with van der Waals surface area (Å²) in [5.74, 6) is 1.20. The fraction of sp³-hybridized carbons (Fsp3) is 0.640. The van der Waals surface area contributed by atoms with Crippen molar-refractivity contribution < 1.29 is 19.1 Å². The van der Waals surface area contributed by atoms with Gasteiger partial charge in [0.2, 0.25) is 0 Å². The molecule has 2 rings (SSSR count). The molecule has 1 aromatic rings. The zero-order valence-corrected chi connectivity index (χ0v) is 19.5. The van der Waals surface area contributed by atoms with Crippen molar-refractivity contribution in [3.8, 4) is 5.75 Å². The molecule has 172 valence electrons. The molecule has 0 aromatic heterocycles. The van der Waals surface area contributed by atoms with E-state index in [1.165, 1.54) is 0 Å². The van der Waals surface area contributed by atoms with Crippen LogP contribution in [0.4, 0.5) is 0 Å². The lowest BCUT2D eigenvalue weighted by molar-refractivity contribution is -0.158. The van der Waals surface area contributed by atoms with Crippen molar-refractivity contribution in [1.82, 2.24) is 5.32 Å². The number of hydrogen-bond donors (Lipinski definition) is 1. The lowest BCUT2D eigenvalue weighted by Crippen LogP contribution is -2.47. The maximum Gasteiger partial charge on any atom is 0.349 e. The number of aliphatic imine (C=N–C) groups is 1. The second-order valence-electron chi connectivity index (χ2n) is 8.73. The molecule has 0 unspecified atom stereocenters. The van der Waals surface area contributed by atoms with E-state index in [0.29, 0.717) is 25.3 Å². The molecule has 1 fully saturated rings. The van der Waals surface area contributed by atoms with Gasteiger partial charge in [0.25, 0.3) is 0 Å². The molecule has 0 spiro atoms. The number of nitrogens with one attached hydrogen (secondary N) is 1. The van der Waals surface area contributed by atoms with Gasteiger partial charge in [-0.1, -0.05) is 44.4 Å². The van der Waals surface area contributed by atoms with Crippen LogP contribution in [-0.4, -0.2) is 42.4 Å². The number of aldehydes is 1. The quantitative estimate of drug-likeness (QED) is 0.226. The maximum absolute atomic E-state index is 12.2. The lowest BCUT2D eigenvalue weighted by atomic mass is 9.99. The van der Waals surface area contributed by atoms with E-state index in [1.54, 1.807) is 20.8 Å². The molecule has 0 heterocycles. The topological polar surface area (TPSA) is 77.0 Å². The van der Waals surface area contributed by atoms with Gasteiger partial charge in [-0.25, -0.2) is 4.79 Å². The van der Waals surface area contributed by atoms with E-state index >= 15 is 0 Å². The van der Waals surface area contributed by atoms with Crippen LogP contribution < -0.4 is 10.1 Å². The van der Waals surface area contributed by atoms with Gasteiger partial charge in [0.05, 0.1) is 18.0 Å². The van der Waals surface area contributed by atoms with E-state index in [-0.39, 0.29) is 5.97 Å². The molecule has 31 heavy (non-hydrogen) atoms. The number of para-hydroxylation sites is 1. The van der Waals surface area contributed by atoms with Crippen molar-refractivity contribution >= 4 is 18.1 Å². The number of nitrogens with zero attached hydrogens (tertiary/aromatic N) is 1. The molecule has 6 heteroatoms. The number of benzene rings is 1. The zero-order chi connectivity index (χ0) is 22.7. The Labute approximate surface area is 186 Å². The largest absolute Gasteiger partial charge is 0.476 e. The van der Waals surface area contributed by atoms with Gasteiger partial charge in [0.15, 0.2) is 5.60 Å². The molecular weight excluding hydrogens is 392 g/mol. The molecule has 0 bridgehead atoms. The zero-order valence-electron chi connectivity index (χ0n) is 19.5. The van der Waals surface area contributed by atoms with Crippen LogP contribution >= 0.6 is 0 Å². The Morgan fingerprint density at radius 2 is 1.94 bits per heavy atom. The number of unbranched alkanes of at least 4 members (excludes halogenated alkanes) is 1. The van der Waals surface area contributed by atoms with Crippen molar-refractivity contribution in [2.24, 2.45) is 4.99 Å². The van der Waals surface area contributed by atoms with Gasteiger partial charge in [0.1, 0.15) is 12.0 Å². The summed E-state index contributed by atoms with van der Waals surface area (Å²) in [6, 6.07) is 7.72. The van der Waals surface area contributed by atoms with Gasteiger partial charge in [-0.2, -0.15) is 0 Å². The molecule has 1 saturated carbocycles. The number of carbonyl (C=O) groups excluding carboxylic acids is 2. The molecule has 1 N–H and O–H groups in total. The third-order valence-corrected chi connectivity index (χ3v) is 5.67. The van der Waals surface area contributed by atoms with Gasteiger partial charge in [-0.05, 0) is 58.1 Å². The molecule has 1 aromatic carbocycles. The van der Waals surface area contributed by atoms with Crippen molar-refractivity contribution in [1.29, 1.82) is 0 Å². The number of hydrogen-bond acceptors (Lipinski definition) is 5. The van der Waals surface area contributed by atoms with Gasteiger partial charge >= 0.3 is 5.97 Å². The normalized spacial score (nSPS) is 16.1. The fourth-order valence-corrected chi connectivity index (χ4v) is 3.83. The van der Waals surface area contributed by atoms with Crippen molar-refractivity contribution in [3.63, 3.8) is 0 Å². The molecule has 0 saturated heterocycles. The molecule has 6 nitrogen and oxygen atoms in total. The maximum atomic E-state index is 12.2. The van der Waals surface area contributed by atoms with Crippen LogP contribution in [0.1, 0.15) is 78.2 Å². The van der Waals surface area contributed by atoms with Crippen LogP contribution in [0.2, 0.25) is 0 Å². The minimum atomic E-state index is -1.07. The summed E-state index contributed by atoms with van der Waals surface area (Å²) in [5.41, 5.74) is -0.524. The summed E-state index contributed by atoms with van der Waals surface area (Å²) in [4.78, 5) is 28.8. The average Bonchev–Trinajstić information content (AvgIpc) is 3.22. The third-order valence-electron chi connectivity index (χ3n) is 5.67. The first kappa shape index (κ1) is 24.9. The highest BCUT2D eigenvalue weighted by molar-refractivity contribution is 5.86.